The van der Waals surface area contributed by atoms with Gasteiger partial charge in [-0.1, -0.05) is 18.2 Å². The van der Waals surface area contributed by atoms with E-state index in [1.807, 2.05) is 24.4 Å². The number of thiophene rings is 1. The topological polar surface area (TPSA) is 34.1 Å². The summed E-state index contributed by atoms with van der Waals surface area (Å²) in [6.07, 6.45) is 2.81. The molecule has 1 aromatic carbocycles. The second-order valence-electron chi connectivity index (χ2n) is 5.83. The predicted molar refractivity (Wildman–Crippen MR) is 99.6 cm³/mol. The van der Waals surface area contributed by atoms with Gasteiger partial charge in [0.15, 0.2) is 0 Å². The molecular weight excluding hydrogens is 316 g/mol. The van der Waals surface area contributed by atoms with Crippen molar-refractivity contribution in [3.8, 4) is 5.75 Å². The molecule has 1 unspecified atom stereocenters. The van der Waals surface area contributed by atoms with Gasteiger partial charge in [-0.25, -0.2) is 0 Å². The zero-order valence-electron chi connectivity index (χ0n) is 14.0. The van der Waals surface area contributed by atoms with Gasteiger partial charge < -0.3 is 10.1 Å². The number of methoxy groups -OCH3 is 1. The van der Waals surface area contributed by atoms with Crippen LogP contribution < -0.4 is 10.1 Å². The van der Waals surface area contributed by atoms with Crippen molar-refractivity contribution < 1.29 is 4.74 Å². The largest absolute Gasteiger partial charge is 0.497 e. The minimum atomic E-state index is 0.187. The lowest BCUT2D eigenvalue weighted by molar-refractivity contribution is 0.413. The van der Waals surface area contributed by atoms with E-state index in [1.165, 1.54) is 16.7 Å². The van der Waals surface area contributed by atoms with Crippen LogP contribution in [0.4, 0.5) is 0 Å². The molecule has 0 aliphatic heterocycles. The van der Waals surface area contributed by atoms with Crippen molar-refractivity contribution in [2.24, 2.45) is 0 Å². The van der Waals surface area contributed by atoms with Gasteiger partial charge >= 0.3 is 0 Å². The highest BCUT2D eigenvalue weighted by molar-refractivity contribution is 7.07. The maximum atomic E-state index is 5.31. The summed E-state index contributed by atoms with van der Waals surface area (Å²) in [5.41, 5.74) is 4.88. The first kappa shape index (κ1) is 16.7. The first-order chi connectivity index (χ1) is 11.8. The van der Waals surface area contributed by atoms with Crippen LogP contribution in [0.1, 0.15) is 28.4 Å². The van der Waals surface area contributed by atoms with Crippen molar-refractivity contribution >= 4 is 11.3 Å². The number of nitrogens with one attached hydrogen (secondary N) is 1. The van der Waals surface area contributed by atoms with Crippen LogP contribution in [0.3, 0.4) is 0 Å². The Morgan fingerprint density at radius 1 is 1.17 bits per heavy atom. The van der Waals surface area contributed by atoms with E-state index in [4.69, 9.17) is 4.74 Å². The molecule has 0 radical (unpaired) electrons. The number of rotatable bonds is 7. The highest BCUT2D eigenvalue weighted by atomic mass is 32.1. The van der Waals surface area contributed by atoms with Crippen molar-refractivity contribution in [1.82, 2.24) is 10.3 Å². The second kappa shape index (κ2) is 8.08. The molecule has 0 fully saturated rings. The van der Waals surface area contributed by atoms with E-state index in [2.05, 4.69) is 52.3 Å². The maximum absolute atomic E-state index is 5.31. The Balaban J connectivity index is 1.78. The smallest absolute Gasteiger partial charge is 0.119 e. The van der Waals surface area contributed by atoms with Gasteiger partial charge in [-0.3, -0.25) is 4.98 Å². The normalized spacial score (nSPS) is 12.1. The number of hydrogen-bond acceptors (Lipinski definition) is 4. The molecule has 0 aliphatic rings. The summed E-state index contributed by atoms with van der Waals surface area (Å²) in [5.74, 6) is 0.887. The van der Waals surface area contributed by atoms with Crippen LogP contribution in [0.2, 0.25) is 0 Å². The van der Waals surface area contributed by atoms with Crippen LogP contribution in [-0.4, -0.2) is 12.1 Å². The fraction of sp³-hybridized carbons (Fsp3) is 0.250. The Kier molecular flexibility index (Phi) is 5.62. The predicted octanol–water partition coefficient (Wildman–Crippen LogP) is 4.53. The highest BCUT2D eigenvalue weighted by Crippen LogP contribution is 2.22. The van der Waals surface area contributed by atoms with E-state index < -0.39 is 0 Å². The van der Waals surface area contributed by atoms with E-state index in [0.717, 1.165) is 24.4 Å². The molecule has 2 heterocycles. The third-order valence-electron chi connectivity index (χ3n) is 4.09. The molecule has 3 aromatic rings. The Morgan fingerprint density at radius 3 is 2.83 bits per heavy atom. The van der Waals surface area contributed by atoms with Gasteiger partial charge in [-0.2, -0.15) is 11.3 Å². The molecule has 0 bridgehead atoms. The van der Waals surface area contributed by atoms with Gasteiger partial charge in [0.2, 0.25) is 0 Å². The van der Waals surface area contributed by atoms with Crippen molar-refractivity contribution in [3.05, 3.63) is 81.8 Å². The Hall–Kier alpha value is -2.17. The molecule has 0 amide bonds. The van der Waals surface area contributed by atoms with Crippen molar-refractivity contribution in [2.75, 3.05) is 7.11 Å². The molecule has 0 spiro atoms. The maximum Gasteiger partial charge on any atom is 0.119 e. The molecule has 3 rings (SSSR count). The number of ether oxygens (including phenoxy) is 1. The van der Waals surface area contributed by atoms with E-state index in [0.29, 0.717) is 0 Å². The number of nitrogens with zero attached hydrogens (tertiary/aromatic N) is 1. The lowest BCUT2D eigenvalue weighted by Crippen LogP contribution is -2.24. The van der Waals surface area contributed by atoms with Crippen molar-refractivity contribution in [1.29, 1.82) is 0 Å². The van der Waals surface area contributed by atoms with Crippen LogP contribution >= 0.6 is 11.3 Å². The monoisotopic (exact) mass is 338 g/mol. The molecule has 1 atom stereocenters. The van der Waals surface area contributed by atoms with Gasteiger partial charge in [0.1, 0.15) is 5.75 Å². The van der Waals surface area contributed by atoms with E-state index in [1.54, 1.807) is 18.4 Å². The van der Waals surface area contributed by atoms with Gasteiger partial charge in [0.25, 0.3) is 0 Å². The van der Waals surface area contributed by atoms with Crippen molar-refractivity contribution in [2.45, 2.75) is 25.9 Å². The second-order valence-corrected chi connectivity index (χ2v) is 6.61. The Morgan fingerprint density at radius 2 is 2.08 bits per heavy atom. The quantitative estimate of drug-likeness (QED) is 0.687. The summed E-state index contributed by atoms with van der Waals surface area (Å²) in [6, 6.07) is 14.7. The minimum absolute atomic E-state index is 0.187. The average Bonchev–Trinajstić information content (AvgIpc) is 3.12. The summed E-state index contributed by atoms with van der Waals surface area (Å²) in [6.45, 7) is 2.90. The molecule has 0 saturated carbocycles. The fourth-order valence-electron chi connectivity index (χ4n) is 2.80. The van der Waals surface area contributed by atoms with Crippen LogP contribution in [-0.2, 0) is 13.0 Å². The number of aryl methyl sites for hydroxylation is 1. The van der Waals surface area contributed by atoms with E-state index in [-0.39, 0.29) is 6.04 Å². The van der Waals surface area contributed by atoms with Gasteiger partial charge in [0, 0.05) is 12.7 Å². The van der Waals surface area contributed by atoms with Crippen molar-refractivity contribution in [3.63, 3.8) is 0 Å². The Bertz CT molecular complexity index is 771. The zero-order valence-corrected chi connectivity index (χ0v) is 14.8. The third-order valence-corrected chi connectivity index (χ3v) is 4.82. The first-order valence-corrected chi connectivity index (χ1v) is 8.99. The van der Waals surface area contributed by atoms with Crippen LogP contribution in [0.5, 0.6) is 5.75 Å². The lowest BCUT2D eigenvalue weighted by atomic mass is 10.0. The molecule has 0 aliphatic carbocycles. The molecule has 2 aromatic heterocycles. The SMILES string of the molecule is COc1cccc(CNC(Cc2ccsc2)c2ncccc2C)c1. The first-order valence-electron chi connectivity index (χ1n) is 8.05. The molecule has 124 valence electrons. The van der Waals surface area contributed by atoms with E-state index >= 15 is 0 Å². The fourth-order valence-corrected chi connectivity index (χ4v) is 3.48. The number of pyridine rings is 1. The van der Waals surface area contributed by atoms with Gasteiger partial charge in [0.05, 0.1) is 18.8 Å². The molecule has 3 nitrogen and oxygen atoms in total. The number of hydrogen-bond donors (Lipinski definition) is 1. The molecule has 0 saturated heterocycles. The van der Waals surface area contributed by atoms with Crippen LogP contribution in [0, 0.1) is 6.92 Å². The van der Waals surface area contributed by atoms with Gasteiger partial charge in [-0.15, -0.1) is 0 Å². The standard InChI is InChI=1S/C20H22N2OS/c1-15-5-4-9-21-20(15)19(12-17-8-10-24-14-17)22-13-16-6-3-7-18(11-16)23-2/h3-11,14,19,22H,12-13H2,1-2H3. The Labute approximate surface area is 147 Å². The lowest BCUT2D eigenvalue weighted by Gasteiger charge is -2.20. The van der Waals surface area contributed by atoms with Crippen LogP contribution in [0.25, 0.3) is 0 Å². The summed E-state index contributed by atoms with van der Waals surface area (Å²) in [4.78, 5) is 4.62. The number of benzene rings is 1. The summed E-state index contributed by atoms with van der Waals surface area (Å²) in [7, 11) is 1.70. The summed E-state index contributed by atoms with van der Waals surface area (Å²) < 4.78 is 5.31. The summed E-state index contributed by atoms with van der Waals surface area (Å²) in [5, 5.41) is 8.00. The molecule has 24 heavy (non-hydrogen) atoms. The zero-order chi connectivity index (χ0) is 16.8. The third kappa shape index (κ3) is 4.22. The number of aromatic nitrogens is 1. The summed E-state index contributed by atoms with van der Waals surface area (Å²) >= 11 is 1.74. The highest BCUT2D eigenvalue weighted by Gasteiger charge is 2.16. The van der Waals surface area contributed by atoms with Gasteiger partial charge in [-0.05, 0) is 65.1 Å². The molecular formula is C20H22N2OS. The van der Waals surface area contributed by atoms with Crippen LogP contribution in [0.15, 0.2) is 59.4 Å². The minimum Gasteiger partial charge on any atom is -0.497 e. The van der Waals surface area contributed by atoms with E-state index in [9.17, 15) is 0 Å². The average molecular weight is 338 g/mol. The molecule has 1 N–H and O–H groups in total. The molecule has 4 heteroatoms.